The minimum Gasteiger partial charge on any atom is -0.388 e. The van der Waals surface area contributed by atoms with Gasteiger partial charge in [-0.25, -0.2) is 0 Å². The Kier molecular flexibility index (Phi) is 4.09. The van der Waals surface area contributed by atoms with Crippen molar-refractivity contribution in [2.45, 2.75) is 39.2 Å². The summed E-state index contributed by atoms with van der Waals surface area (Å²) in [5.41, 5.74) is 1.09. The van der Waals surface area contributed by atoms with Gasteiger partial charge in [-0.15, -0.1) is 11.3 Å². The molecule has 0 aromatic carbocycles. The van der Waals surface area contributed by atoms with Crippen molar-refractivity contribution in [3.05, 3.63) is 20.8 Å². The first-order valence-corrected chi connectivity index (χ1v) is 7.67. The predicted molar refractivity (Wildman–Crippen MR) is 72.6 cm³/mol. The molecule has 1 saturated carbocycles. The van der Waals surface area contributed by atoms with Crippen LogP contribution >= 0.6 is 27.3 Å². The molecule has 1 aromatic rings. The summed E-state index contributed by atoms with van der Waals surface area (Å²) in [6.07, 6.45) is 3.32. The summed E-state index contributed by atoms with van der Waals surface area (Å²) in [5.74, 6) is 2.01. The van der Waals surface area contributed by atoms with Gasteiger partial charge in [0.2, 0.25) is 0 Å². The van der Waals surface area contributed by atoms with Crippen molar-refractivity contribution >= 4 is 27.3 Å². The fourth-order valence-corrected chi connectivity index (χ4v) is 3.83. The molecule has 1 aliphatic carbocycles. The van der Waals surface area contributed by atoms with Gasteiger partial charge in [0.1, 0.15) is 0 Å². The van der Waals surface area contributed by atoms with Crippen molar-refractivity contribution in [3.63, 3.8) is 0 Å². The molecule has 3 heteroatoms. The van der Waals surface area contributed by atoms with Crippen LogP contribution in [0.4, 0.5) is 0 Å². The summed E-state index contributed by atoms with van der Waals surface area (Å²) in [6.45, 7) is 4.64. The first-order valence-electron chi connectivity index (χ1n) is 6.00. The molecule has 90 valence electrons. The minimum atomic E-state index is -0.266. The van der Waals surface area contributed by atoms with Crippen LogP contribution in [0.15, 0.2) is 15.2 Å². The van der Waals surface area contributed by atoms with Gasteiger partial charge < -0.3 is 5.11 Å². The number of thiophene rings is 1. The highest BCUT2D eigenvalue weighted by molar-refractivity contribution is 9.11. The van der Waals surface area contributed by atoms with Crippen LogP contribution in [0, 0.1) is 17.8 Å². The van der Waals surface area contributed by atoms with E-state index in [1.54, 1.807) is 11.3 Å². The van der Waals surface area contributed by atoms with Gasteiger partial charge in [-0.05, 0) is 63.5 Å². The van der Waals surface area contributed by atoms with Gasteiger partial charge in [-0.2, -0.15) is 0 Å². The monoisotopic (exact) mass is 302 g/mol. The standard InChI is InChI=1S/C13H19BrOS/c1-8-3-4-10(5-9(8)2)13(15)11-6-12(14)16-7-11/h6-10,13,15H,3-5H2,1-2H3. The maximum Gasteiger partial charge on any atom is 0.0826 e. The molecule has 16 heavy (non-hydrogen) atoms. The lowest BCUT2D eigenvalue weighted by Gasteiger charge is -2.34. The maximum atomic E-state index is 10.3. The van der Waals surface area contributed by atoms with Gasteiger partial charge in [0.15, 0.2) is 0 Å². The van der Waals surface area contributed by atoms with E-state index < -0.39 is 0 Å². The number of rotatable bonds is 2. The van der Waals surface area contributed by atoms with Gasteiger partial charge >= 0.3 is 0 Å². The van der Waals surface area contributed by atoms with Crippen molar-refractivity contribution in [2.75, 3.05) is 0 Å². The smallest absolute Gasteiger partial charge is 0.0826 e. The number of aliphatic hydroxyl groups is 1. The van der Waals surface area contributed by atoms with Gasteiger partial charge in [0.25, 0.3) is 0 Å². The first kappa shape index (κ1) is 12.6. The van der Waals surface area contributed by atoms with E-state index in [0.717, 1.165) is 27.6 Å². The third-order valence-electron chi connectivity index (χ3n) is 4.01. The molecule has 0 radical (unpaired) electrons. The summed E-state index contributed by atoms with van der Waals surface area (Å²) in [4.78, 5) is 0. The Morgan fingerprint density at radius 2 is 2.12 bits per heavy atom. The molecule has 0 saturated heterocycles. The van der Waals surface area contributed by atoms with E-state index in [-0.39, 0.29) is 6.10 Å². The van der Waals surface area contributed by atoms with Crippen LogP contribution in [0.5, 0.6) is 0 Å². The zero-order chi connectivity index (χ0) is 11.7. The summed E-state index contributed by atoms with van der Waals surface area (Å²) in [7, 11) is 0. The highest BCUT2D eigenvalue weighted by Crippen LogP contribution is 2.41. The van der Waals surface area contributed by atoms with Crippen LogP contribution in [0.2, 0.25) is 0 Å². The molecule has 0 amide bonds. The van der Waals surface area contributed by atoms with Gasteiger partial charge in [0.05, 0.1) is 9.89 Å². The molecule has 4 atom stereocenters. The zero-order valence-electron chi connectivity index (χ0n) is 9.82. The maximum absolute atomic E-state index is 10.3. The second-order valence-corrected chi connectivity index (χ2v) is 7.45. The summed E-state index contributed by atoms with van der Waals surface area (Å²) in [5, 5.41) is 12.4. The van der Waals surface area contributed by atoms with E-state index >= 15 is 0 Å². The van der Waals surface area contributed by atoms with Gasteiger partial charge in [0, 0.05) is 0 Å². The minimum absolute atomic E-state index is 0.266. The fourth-order valence-electron chi connectivity index (χ4n) is 2.63. The van der Waals surface area contributed by atoms with Gasteiger partial charge in [-0.3, -0.25) is 0 Å². The molecule has 0 aliphatic heterocycles. The number of hydrogen-bond donors (Lipinski definition) is 1. The Balaban J connectivity index is 2.02. The molecule has 4 unspecified atom stereocenters. The molecule has 0 bridgehead atoms. The molecule has 2 rings (SSSR count). The molecule has 1 aliphatic rings. The largest absolute Gasteiger partial charge is 0.388 e. The number of aliphatic hydroxyl groups excluding tert-OH is 1. The van der Waals surface area contributed by atoms with E-state index in [9.17, 15) is 5.11 Å². The van der Waals surface area contributed by atoms with Crippen LogP contribution in [0.1, 0.15) is 44.8 Å². The molecular formula is C13H19BrOS. The molecule has 1 nitrogen and oxygen atoms in total. The summed E-state index contributed by atoms with van der Waals surface area (Å²) < 4.78 is 1.11. The zero-order valence-corrected chi connectivity index (χ0v) is 12.2. The Hall–Kier alpha value is 0.140. The van der Waals surface area contributed by atoms with Crippen LogP contribution in [-0.2, 0) is 0 Å². The van der Waals surface area contributed by atoms with Crippen molar-refractivity contribution in [2.24, 2.45) is 17.8 Å². The van der Waals surface area contributed by atoms with E-state index in [1.807, 2.05) is 0 Å². The van der Waals surface area contributed by atoms with Crippen molar-refractivity contribution < 1.29 is 5.11 Å². The fraction of sp³-hybridized carbons (Fsp3) is 0.692. The SMILES string of the molecule is CC1CCC(C(O)c2csc(Br)c2)CC1C. The lowest BCUT2D eigenvalue weighted by Crippen LogP contribution is -2.25. The van der Waals surface area contributed by atoms with Crippen LogP contribution in [0.3, 0.4) is 0 Å². The predicted octanol–water partition coefficient (Wildman–Crippen LogP) is 4.62. The molecule has 1 fully saturated rings. The Morgan fingerprint density at radius 3 is 2.69 bits per heavy atom. The normalized spacial score (nSPS) is 32.6. The Labute approximate surface area is 110 Å². The molecule has 1 aromatic heterocycles. The average molecular weight is 303 g/mol. The summed E-state index contributed by atoms with van der Waals surface area (Å²) in [6, 6.07) is 2.05. The van der Waals surface area contributed by atoms with E-state index in [1.165, 1.54) is 12.8 Å². The number of halogens is 1. The number of hydrogen-bond acceptors (Lipinski definition) is 2. The van der Waals surface area contributed by atoms with Crippen LogP contribution in [0.25, 0.3) is 0 Å². The Bertz CT molecular complexity index is 349. The van der Waals surface area contributed by atoms with Crippen molar-refractivity contribution in [1.82, 2.24) is 0 Å². The highest BCUT2D eigenvalue weighted by atomic mass is 79.9. The average Bonchev–Trinajstić information content (AvgIpc) is 2.68. The molecule has 1 N–H and O–H groups in total. The van der Waals surface area contributed by atoms with Crippen LogP contribution < -0.4 is 0 Å². The lowest BCUT2D eigenvalue weighted by molar-refractivity contribution is 0.0564. The van der Waals surface area contributed by atoms with Gasteiger partial charge in [-0.1, -0.05) is 20.3 Å². The van der Waals surface area contributed by atoms with E-state index in [4.69, 9.17) is 0 Å². The quantitative estimate of drug-likeness (QED) is 0.845. The molecular weight excluding hydrogens is 284 g/mol. The van der Waals surface area contributed by atoms with Crippen molar-refractivity contribution in [3.8, 4) is 0 Å². The molecule has 1 heterocycles. The lowest BCUT2D eigenvalue weighted by atomic mass is 9.73. The Morgan fingerprint density at radius 1 is 1.38 bits per heavy atom. The summed E-state index contributed by atoms with van der Waals surface area (Å²) >= 11 is 5.11. The third kappa shape index (κ3) is 2.69. The van der Waals surface area contributed by atoms with Crippen LogP contribution in [-0.4, -0.2) is 5.11 Å². The molecule has 0 spiro atoms. The van der Waals surface area contributed by atoms with Crippen molar-refractivity contribution in [1.29, 1.82) is 0 Å². The van der Waals surface area contributed by atoms with E-state index in [0.29, 0.717) is 5.92 Å². The highest BCUT2D eigenvalue weighted by Gasteiger charge is 2.30. The second-order valence-electron chi connectivity index (χ2n) is 5.16. The first-order chi connectivity index (χ1) is 7.58. The third-order valence-corrected chi connectivity index (χ3v) is 5.54. The second kappa shape index (κ2) is 5.19. The topological polar surface area (TPSA) is 20.2 Å². The van der Waals surface area contributed by atoms with E-state index in [2.05, 4.69) is 41.2 Å².